The van der Waals surface area contributed by atoms with E-state index in [1.807, 2.05) is 24.3 Å². The van der Waals surface area contributed by atoms with Crippen LogP contribution in [-0.2, 0) is 22.4 Å². The van der Waals surface area contributed by atoms with Gasteiger partial charge in [0.25, 0.3) is 10.0 Å². The monoisotopic (exact) mass is 316 g/mol. The van der Waals surface area contributed by atoms with Gasteiger partial charge < -0.3 is 0 Å². The summed E-state index contributed by atoms with van der Waals surface area (Å²) < 4.78 is 26.8. The van der Waals surface area contributed by atoms with E-state index in [4.69, 9.17) is 11.6 Å². The van der Waals surface area contributed by atoms with Crippen molar-refractivity contribution in [2.24, 2.45) is 0 Å². The predicted octanol–water partition coefficient (Wildman–Crippen LogP) is 2.67. The molecule has 0 amide bonds. The number of aryl methyl sites for hydroxylation is 1. The molecule has 0 saturated carbocycles. The van der Waals surface area contributed by atoms with Gasteiger partial charge in [0.05, 0.1) is 11.2 Å². The lowest BCUT2D eigenvalue weighted by Crippen LogP contribution is -2.22. The number of sulfonamides is 1. The van der Waals surface area contributed by atoms with Crippen LogP contribution in [-0.4, -0.2) is 13.4 Å². The zero-order valence-electron chi connectivity index (χ0n) is 10.3. The third-order valence-corrected chi connectivity index (χ3v) is 5.56. The molecule has 0 unspecified atom stereocenters. The molecule has 102 valence electrons. The standard InChI is InChI=1S/C12H13ClN2O2S2/c1-9-14-8-12(18-9)19(16,17)15-7-11-4-2-3-10(5-11)6-13/h2-5,8,15H,6-7H2,1H3. The van der Waals surface area contributed by atoms with Crippen LogP contribution in [0.5, 0.6) is 0 Å². The Balaban J connectivity index is 2.09. The van der Waals surface area contributed by atoms with Crippen molar-refractivity contribution in [2.45, 2.75) is 23.6 Å². The molecule has 0 aliphatic carbocycles. The van der Waals surface area contributed by atoms with Crippen LogP contribution in [0.3, 0.4) is 0 Å². The molecule has 0 atom stereocenters. The first-order chi connectivity index (χ1) is 9.01. The summed E-state index contributed by atoms with van der Waals surface area (Å²) in [6.45, 7) is 2.01. The Morgan fingerprint density at radius 1 is 1.37 bits per heavy atom. The minimum Gasteiger partial charge on any atom is -0.249 e. The van der Waals surface area contributed by atoms with Crippen molar-refractivity contribution in [3.05, 3.63) is 46.6 Å². The molecule has 0 bridgehead atoms. The fourth-order valence-electron chi connectivity index (χ4n) is 1.54. The van der Waals surface area contributed by atoms with Crippen LogP contribution >= 0.6 is 22.9 Å². The van der Waals surface area contributed by atoms with Crippen LogP contribution in [0.25, 0.3) is 0 Å². The first kappa shape index (κ1) is 14.5. The summed E-state index contributed by atoms with van der Waals surface area (Å²) in [6, 6.07) is 7.50. The Morgan fingerprint density at radius 2 is 2.11 bits per heavy atom. The Labute approximate surface area is 121 Å². The van der Waals surface area contributed by atoms with Crippen LogP contribution in [0.2, 0.25) is 0 Å². The summed E-state index contributed by atoms with van der Waals surface area (Å²) in [5, 5.41) is 0.726. The Morgan fingerprint density at radius 3 is 2.74 bits per heavy atom. The minimum atomic E-state index is -3.48. The maximum atomic E-state index is 12.0. The Hall–Kier alpha value is -0.950. The number of nitrogens with zero attached hydrogens (tertiary/aromatic N) is 1. The van der Waals surface area contributed by atoms with Crippen molar-refractivity contribution in [1.29, 1.82) is 0 Å². The first-order valence-electron chi connectivity index (χ1n) is 5.57. The fraction of sp³-hybridized carbons (Fsp3) is 0.250. The van der Waals surface area contributed by atoms with Crippen molar-refractivity contribution in [2.75, 3.05) is 0 Å². The van der Waals surface area contributed by atoms with Gasteiger partial charge in [0.2, 0.25) is 0 Å². The second kappa shape index (κ2) is 6.00. The average Bonchev–Trinajstić information content (AvgIpc) is 2.84. The highest BCUT2D eigenvalue weighted by molar-refractivity contribution is 7.91. The highest BCUT2D eigenvalue weighted by atomic mass is 35.5. The number of alkyl halides is 1. The number of nitrogens with one attached hydrogen (secondary N) is 1. The Kier molecular flexibility index (Phi) is 4.57. The normalized spacial score (nSPS) is 11.7. The van der Waals surface area contributed by atoms with Gasteiger partial charge in [-0.1, -0.05) is 24.3 Å². The molecule has 2 aromatic rings. The maximum Gasteiger partial charge on any atom is 0.251 e. The van der Waals surface area contributed by atoms with E-state index in [0.29, 0.717) is 5.88 Å². The van der Waals surface area contributed by atoms with E-state index in [1.165, 1.54) is 6.20 Å². The van der Waals surface area contributed by atoms with Gasteiger partial charge in [-0.15, -0.1) is 22.9 Å². The molecule has 0 saturated heterocycles. The van der Waals surface area contributed by atoms with Gasteiger partial charge in [0, 0.05) is 12.4 Å². The SMILES string of the molecule is Cc1ncc(S(=O)(=O)NCc2cccc(CCl)c2)s1. The van der Waals surface area contributed by atoms with E-state index in [2.05, 4.69) is 9.71 Å². The summed E-state index contributed by atoms with van der Waals surface area (Å²) in [6.07, 6.45) is 1.37. The van der Waals surface area contributed by atoms with E-state index in [1.54, 1.807) is 6.92 Å². The molecule has 7 heteroatoms. The zero-order valence-corrected chi connectivity index (χ0v) is 12.6. The quantitative estimate of drug-likeness (QED) is 0.863. The molecule has 2 rings (SSSR count). The van der Waals surface area contributed by atoms with E-state index in [9.17, 15) is 8.42 Å². The minimum absolute atomic E-state index is 0.235. The highest BCUT2D eigenvalue weighted by Gasteiger charge is 2.16. The fourth-order valence-corrected chi connectivity index (χ4v) is 3.87. The van der Waals surface area contributed by atoms with E-state index < -0.39 is 10.0 Å². The Bertz CT molecular complexity index is 668. The van der Waals surface area contributed by atoms with Crippen molar-refractivity contribution in [1.82, 2.24) is 9.71 Å². The van der Waals surface area contributed by atoms with Gasteiger partial charge in [-0.3, -0.25) is 0 Å². The molecule has 19 heavy (non-hydrogen) atoms. The maximum absolute atomic E-state index is 12.0. The van der Waals surface area contributed by atoms with Crippen LogP contribution in [0.4, 0.5) is 0 Å². The van der Waals surface area contributed by atoms with Crippen molar-refractivity contribution in [3.8, 4) is 0 Å². The lowest BCUT2D eigenvalue weighted by Gasteiger charge is -2.05. The van der Waals surface area contributed by atoms with Gasteiger partial charge in [-0.05, 0) is 18.1 Å². The summed E-state index contributed by atoms with van der Waals surface area (Å²) in [5.74, 6) is 0.411. The molecule has 1 N–H and O–H groups in total. The molecule has 0 aliphatic heterocycles. The number of hydrogen-bond donors (Lipinski definition) is 1. The molecular formula is C12H13ClN2O2S2. The second-order valence-corrected chi connectivity index (χ2v) is 7.47. The second-order valence-electron chi connectivity index (χ2n) is 3.98. The number of aromatic nitrogens is 1. The molecule has 1 heterocycles. The first-order valence-corrected chi connectivity index (χ1v) is 8.40. The van der Waals surface area contributed by atoms with E-state index >= 15 is 0 Å². The third kappa shape index (κ3) is 3.76. The molecular weight excluding hydrogens is 304 g/mol. The summed E-state index contributed by atoms with van der Waals surface area (Å²) in [4.78, 5) is 3.95. The van der Waals surface area contributed by atoms with E-state index in [-0.39, 0.29) is 10.8 Å². The summed E-state index contributed by atoms with van der Waals surface area (Å²) >= 11 is 6.90. The smallest absolute Gasteiger partial charge is 0.249 e. The number of thiazole rings is 1. The molecule has 4 nitrogen and oxygen atoms in total. The number of benzene rings is 1. The largest absolute Gasteiger partial charge is 0.251 e. The molecule has 1 aromatic heterocycles. The molecule has 0 fully saturated rings. The van der Waals surface area contributed by atoms with E-state index in [0.717, 1.165) is 27.5 Å². The lowest BCUT2D eigenvalue weighted by molar-refractivity contribution is 0.583. The zero-order chi connectivity index (χ0) is 13.9. The number of rotatable bonds is 5. The van der Waals surface area contributed by atoms with Crippen molar-refractivity contribution >= 4 is 33.0 Å². The van der Waals surface area contributed by atoms with Gasteiger partial charge in [-0.25, -0.2) is 18.1 Å². The molecule has 0 spiro atoms. The number of hydrogen-bond acceptors (Lipinski definition) is 4. The van der Waals surface area contributed by atoms with Gasteiger partial charge >= 0.3 is 0 Å². The summed E-state index contributed by atoms with van der Waals surface area (Å²) in [7, 11) is -3.48. The highest BCUT2D eigenvalue weighted by Crippen LogP contribution is 2.18. The summed E-state index contributed by atoms with van der Waals surface area (Å²) in [5.41, 5.74) is 1.84. The van der Waals surface area contributed by atoms with Gasteiger partial charge in [0.15, 0.2) is 4.21 Å². The number of halogens is 1. The third-order valence-electron chi connectivity index (χ3n) is 2.48. The predicted molar refractivity (Wildman–Crippen MR) is 76.9 cm³/mol. The molecule has 0 radical (unpaired) electrons. The van der Waals surface area contributed by atoms with Crippen LogP contribution < -0.4 is 4.72 Å². The van der Waals surface area contributed by atoms with Crippen molar-refractivity contribution in [3.63, 3.8) is 0 Å². The van der Waals surface area contributed by atoms with Gasteiger partial charge in [-0.2, -0.15) is 0 Å². The average molecular weight is 317 g/mol. The topological polar surface area (TPSA) is 59.1 Å². The van der Waals surface area contributed by atoms with Crippen LogP contribution in [0.15, 0.2) is 34.7 Å². The van der Waals surface area contributed by atoms with Crippen LogP contribution in [0, 0.1) is 6.92 Å². The lowest BCUT2D eigenvalue weighted by atomic mass is 10.1. The van der Waals surface area contributed by atoms with Crippen molar-refractivity contribution < 1.29 is 8.42 Å². The molecule has 1 aromatic carbocycles. The van der Waals surface area contributed by atoms with Gasteiger partial charge in [0.1, 0.15) is 0 Å². The molecule has 0 aliphatic rings. The van der Waals surface area contributed by atoms with Crippen LogP contribution in [0.1, 0.15) is 16.1 Å².